The number of aryl methyl sites for hydroxylation is 1. The Kier molecular flexibility index (Phi) is 3.17. The quantitative estimate of drug-likeness (QED) is 0.877. The van der Waals surface area contributed by atoms with Crippen LogP contribution in [0.1, 0.15) is 18.2 Å². The lowest BCUT2D eigenvalue weighted by Gasteiger charge is -2.00. The lowest BCUT2D eigenvalue weighted by molar-refractivity contribution is 0.281. The lowest BCUT2D eigenvalue weighted by Crippen LogP contribution is -2.00. The van der Waals surface area contributed by atoms with E-state index in [1.54, 1.807) is 18.6 Å². The molecule has 2 rings (SSSR count). The molecule has 0 aliphatic rings. The standard InChI is InChI=1S/C10H11ClN4O/c1-2-8-7(6-16)10(11)15(14-8)9-5-12-3-4-13-9/h3-5,16H,2,6H2,1H3. The SMILES string of the molecule is CCc1nn(-c2cnccn2)c(Cl)c1CO. The summed E-state index contributed by atoms with van der Waals surface area (Å²) in [5.74, 6) is 0.543. The van der Waals surface area contributed by atoms with Crippen molar-refractivity contribution in [3.05, 3.63) is 35.0 Å². The fourth-order valence-electron chi connectivity index (χ4n) is 1.46. The van der Waals surface area contributed by atoms with Gasteiger partial charge < -0.3 is 5.11 Å². The summed E-state index contributed by atoms with van der Waals surface area (Å²) in [5.41, 5.74) is 1.42. The fraction of sp³-hybridized carbons (Fsp3) is 0.300. The molecular formula is C10H11ClN4O. The minimum absolute atomic E-state index is 0.123. The van der Waals surface area contributed by atoms with E-state index in [1.807, 2.05) is 6.92 Å². The molecule has 16 heavy (non-hydrogen) atoms. The van der Waals surface area contributed by atoms with Crippen LogP contribution < -0.4 is 0 Å². The zero-order valence-corrected chi connectivity index (χ0v) is 9.52. The predicted octanol–water partition coefficient (Wildman–Crippen LogP) is 1.37. The third-order valence-electron chi connectivity index (χ3n) is 2.26. The van der Waals surface area contributed by atoms with Crippen molar-refractivity contribution in [3.63, 3.8) is 0 Å². The molecule has 0 radical (unpaired) electrons. The van der Waals surface area contributed by atoms with Crippen molar-refractivity contribution in [1.82, 2.24) is 19.7 Å². The first-order valence-electron chi connectivity index (χ1n) is 4.91. The molecule has 6 heteroatoms. The number of nitrogens with zero attached hydrogens (tertiary/aromatic N) is 4. The number of hydrogen-bond donors (Lipinski definition) is 1. The van der Waals surface area contributed by atoms with E-state index in [-0.39, 0.29) is 6.61 Å². The summed E-state index contributed by atoms with van der Waals surface area (Å²) in [6.45, 7) is 1.83. The molecule has 2 aromatic heterocycles. The molecule has 0 amide bonds. The summed E-state index contributed by atoms with van der Waals surface area (Å²) in [6, 6.07) is 0. The molecule has 0 saturated carbocycles. The average molecular weight is 239 g/mol. The second kappa shape index (κ2) is 4.59. The van der Waals surface area contributed by atoms with Gasteiger partial charge in [0.1, 0.15) is 5.15 Å². The number of aliphatic hydroxyl groups is 1. The maximum atomic E-state index is 9.22. The van der Waals surface area contributed by atoms with Crippen LogP contribution in [-0.2, 0) is 13.0 Å². The molecule has 0 fully saturated rings. The van der Waals surface area contributed by atoms with E-state index in [4.69, 9.17) is 11.6 Å². The molecule has 2 aromatic rings. The van der Waals surface area contributed by atoms with Crippen LogP contribution >= 0.6 is 11.6 Å². The van der Waals surface area contributed by atoms with E-state index < -0.39 is 0 Å². The van der Waals surface area contributed by atoms with Crippen LogP contribution in [-0.4, -0.2) is 24.9 Å². The van der Waals surface area contributed by atoms with Crippen LogP contribution in [0.2, 0.25) is 5.15 Å². The van der Waals surface area contributed by atoms with Gasteiger partial charge in [-0.15, -0.1) is 0 Å². The van der Waals surface area contributed by atoms with E-state index in [9.17, 15) is 5.11 Å². The molecule has 0 atom stereocenters. The van der Waals surface area contributed by atoms with Crippen molar-refractivity contribution in [3.8, 4) is 5.82 Å². The topological polar surface area (TPSA) is 63.8 Å². The van der Waals surface area contributed by atoms with Crippen LogP contribution in [0.5, 0.6) is 0 Å². The van der Waals surface area contributed by atoms with Crippen LogP contribution in [0, 0.1) is 0 Å². The Balaban J connectivity index is 2.54. The van der Waals surface area contributed by atoms with Gasteiger partial charge in [0.15, 0.2) is 5.82 Å². The summed E-state index contributed by atoms with van der Waals surface area (Å²) in [5, 5.41) is 13.9. The largest absolute Gasteiger partial charge is 0.391 e. The molecule has 1 N–H and O–H groups in total. The molecule has 5 nitrogen and oxygen atoms in total. The number of aromatic nitrogens is 4. The highest BCUT2D eigenvalue weighted by atomic mass is 35.5. The van der Waals surface area contributed by atoms with E-state index in [0.717, 1.165) is 5.69 Å². The monoisotopic (exact) mass is 238 g/mol. The van der Waals surface area contributed by atoms with Gasteiger partial charge in [0.2, 0.25) is 0 Å². The molecule has 0 aliphatic carbocycles. The first-order valence-corrected chi connectivity index (χ1v) is 5.29. The lowest BCUT2D eigenvalue weighted by atomic mass is 10.2. The highest BCUT2D eigenvalue weighted by molar-refractivity contribution is 6.30. The van der Waals surface area contributed by atoms with Gasteiger partial charge in [-0.2, -0.15) is 5.10 Å². The normalized spacial score (nSPS) is 10.7. The van der Waals surface area contributed by atoms with Gasteiger partial charge in [0.25, 0.3) is 0 Å². The molecule has 0 spiro atoms. The van der Waals surface area contributed by atoms with Crippen molar-refractivity contribution in [2.45, 2.75) is 20.0 Å². The van der Waals surface area contributed by atoms with Crippen molar-refractivity contribution in [2.75, 3.05) is 0 Å². The van der Waals surface area contributed by atoms with Crippen molar-refractivity contribution in [1.29, 1.82) is 0 Å². The van der Waals surface area contributed by atoms with Gasteiger partial charge in [0.05, 0.1) is 18.5 Å². The molecule has 0 bridgehead atoms. The van der Waals surface area contributed by atoms with E-state index in [2.05, 4.69) is 15.1 Å². The Morgan fingerprint density at radius 3 is 2.75 bits per heavy atom. The van der Waals surface area contributed by atoms with Gasteiger partial charge in [-0.3, -0.25) is 4.98 Å². The molecule has 84 valence electrons. The molecule has 2 heterocycles. The van der Waals surface area contributed by atoms with Crippen LogP contribution in [0.4, 0.5) is 0 Å². The van der Waals surface area contributed by atoms with Crippen molar-refractivity contribution in [2.24, 2.45) is 0 Å². The second-order valence-corrected chi connectivity index (χ2v) is 3.56. The van der Waals surface area contributed by atoms with Crippen molar-refractivity contribution >= 4 is 11.6 Å². The Morgan fingerprint density at radius 2 is 2.25 bits per heavy atom. The highest BCUT2D eigenvalue weighted by Crippen LogP contribution is 2.22. The minimum atomic E-state index is -0.123. The van der Waals surface area contributed by atoms with Gasteiger partial charge in [-0.1, -0.05) is 18.5 Å². The summed E-state index contributed by atoms with van der Waals surface area (Å²) >= 11 is 6.12. The Labute approximate surface area is 97.7 Å². The van der Waals surface area contributed by atoms with E-state index in [1.165, 1.54) is 4.68 Å². The molecule has 0 aromatic carbocycles. The van der Waals surface area contributed by atoms with Gasteiger partial charge in [0, 0.05) is 18.0 Å². The maximum Gasteiger partial charge on any atom is 0.173 e. The van der Waals surface area contributed by atoms with Gasteiger partial charge in [-0.05, 0) is 6.42 Å². The van der Waals surface area contributed by atoms with E-state index >= 15 is 0 Å². The third kappa shape index (κ3) is 1.79. The number of aliphatic hydroxyl groups excluding tert-OH is 1. The van der Waals surface area contributed by atoms with Crippen LogP contribution in [0.15, 0.2) is 18.6 Å². The number of hydrogen-bond acceptors (Lipinski definition) is 4. The summed E-state index contributed by atoms with van der Waals surface area (Å²) in [4.78, 5) is 8.05. The zero-order valence-electron chi connectivity index (χ0n) is 8.76. The minimum Gasteiger partial charge on any atom is -0.391 e. The van der Waals surface area contributed by atoms with Crippen LogP contribution in [0.25, 0.3) is 5.82 Å². The summed E-state index contributed by atoms with van der Waals surface area (Å²) < 4.78 is 1.49. The number of rotatable bonds is 3. The van der Waals surface area contributed by atoms with Gasteiger partial charge in [-0.25, -0.2) is 9.67 Å². The van der Waals surface area contributed by atoms with Crippen molar-refractivity contribution < 1.29 is 5.11 Å². The second-order valence-electron chi connectivity index (χ2n) is 3.20. The van der Waals surface area contributed by atoms with Gasteiger partial charge >= 0.3 is 0 Å². The van der Waals surface area contributed by atoms with Crippen LogP contribution in [0.3, 0.4) is 0 Å². The predicted molar refractivity (Wildman–Crippen MR) is 59.5 cm³/mol. The Bertz CT molecular complexity index is 483. The molecular weight excluding hydrogens is 228 g/mol. The highest BCUT2D eigenvalue weighted by Gasteiger charge is 2.15. The summed E-state index contributed by atoms with van der Waals surface area (Å²) in [7, 11) is 0. The molecule has 0 unspecified atom stereocenters. The summed E-state index contributed by atoms with van der Waals surface area (Å²) in [6.07, 6.45) is 5.43. The average Bonchev–Trinajstić information content (AvgIpc) is 2.66. The van der Waals surface area contributed by atoms with E-state index in [0.29, 0.717) is 23.0 Å². The smallest absolute Gasteiger partial charge is 0.173 e. The Hall–Kier alpha value is -1.46. The molecule has 0 saturated heterocycles. The first kappa shape index (κ1) is 11.0. The third-order valence-corrected chi connectivity index (χ3v) is 2.65. The Morgan fingerprint density at radius 1 is 1.44 bits per heavy atom. The zero-order chi connectivity index (χ0) is 11.5. The first-order chi connectivity index (χ1) is 7.77. The number of halogens is 1. The maximum absolute atomic E-state index is 9.22. The fourth-order valence-corrected chi connectivity index (χ4v) is 1.76. The molecule has 0 aliphatic heterocycles.